The third-order valence-electron chi connectivity index (χ3n) is 2.56. The van der Waals surface area contributed by atoms with Gasteiger partial charge in [-0.25, -0.2) is 0 Å². The molecule has 0 N–H and O–H groups in total. The van der Waals surface area contributed by atoms with Crippen molar-refractivity contribution in [3.05, 3.63) is 49.4 Å². The Kier molecular flexibility index (Phi) is 5.44. The molecule has 0 aliphatic rings. The van der Waals surface area contributed by atoms with E-state index >= 15 is 0 Å². The van der Waals surface area contributed by atoms with Crippen molar-refractivity contribution in [2.75, 3.05) is 0 Å². The molecule has 8 heteroatoms. The zero-order chi connectivity index (χ0) is 15.7. The van der Waals surface area contributed by atoms with E-state index in [4.69, 9.17) is 58.0 Å². The van der Waals surface area contributed by atoms with Crippen LogP contribution in [-0.4, -0.2) is 6.61 Å². The summed E-state index contributed by atoms with van der Waals surface area (Å²) in [6.45, 7) is -2.94. The third kappa shape index (κ3) is 3.49. The number of halogens is 7. The fourth-order valence-corrected chi connectivity index (χ4v) is 3.04. The Hall–Kier alpha value is -0.450. The molecule has 0 saturated carbocycles. The topological polar surface area (TPSA) is 9.23 Å². The van der Waals surface area contributed by atoms with E-state index in [9.17, 15) is 8.78 Å². The van der Waals surface area contributed by atoms with Crippen LogP contribution in [0.5, 0.6) is 5.75 Å². The molecule has 21 heavy (non-hydrogen) atoms. The number of alkyl halides is 2. The molecule has 0 aliphatic heterocycles. The van der Waals surface area contributed by atoms with Crippen molar-refractivity contribution in [3.63, 3.8) is 0 Å². The van der Waals surface area contributed by atoms with Crippen molar-refractivity contribution >= 4 is 58.0 Å². The van der Waals surface area contributed by atoms with Gasteiger partial charge < -0.3 is 4.74 Å². The molecule has 0 aromatic heterocycles. The van der Waals surface area contributed by atoms with Gasteiger partial charge in [0.15, 0.2) is 0 Å². The van der Waals surface area contributed by atoms with Crippen LogP contribution < -0.4 is 4.74 Å². The van der Waals surface area contributed by atoms with Crippen LogP contribution in [0.3, 0.4) is 0 Å². The standard InChI is InChI=1S/C13H5Cl5F2O/c14-8-7(9(15)11(17)12(18)10(8)16)5-2-1-3-6(4-5)21-13(19)20/h1-4,13H. The summed E-state index contributed by atoms with van der Waals surface area (Å²) in [6.07, 6.45) is 0. The first-order valence-electron chi connectivity index (χ1n) is 5.39. The van der Waals surface area contributed by atoms with Crippen LogP contribution in [0.15, 0.2) is 24.3 Å². The SMILES string of the molecule is FC(F)Oc1cccc(-c2c(Cl)c(Cl)c(Cl)c(Cl)c2Cl)c1. The molecule has 2 aromatic carbocycles. The summed E-state index contributed by atoms with van der Waals surface area (Å²) in [5, 5.41) is 0.235. The Morgan fingerprint density at radius 3 is 1.86 bits per heavy atom. The Morgan fingerprint density at radius 2 is 1.33 bits per heavy atom. The molecule has 2 aromatic rings. The van der Waals surface area contributed by atoms with Crippen LogP contribution in [0.25, 0.3) is 11.1 Å². The number of hydrogen-bond donors (Lipinski definition) is 0. The quantitative estimate of drug-likeness (QED) is 0.396. The second-order valence-corrected chi connectivity index (χ2v) is 5.74. The normalized spacial score (nSPS) is 11.0. The highest BCUT2D eigenvalue weighted by Crippen LogP contribution is 2.48. The number of ether oxygens (including phenoxy) is 1. The molecule has 1 nitrogen and oxygen atoms in total. The Morgan fingerprint density at radius 1 is 0.810 bits per heavy atom. The number of hydrogen-bond acceptors (Lipinski definition) is 1. The molecule has 0 bridgehead atoms. The summed E-state index contributed by atoms with van der Waals surface area (Å²) in [5.74, 6) is -0.0446. The molecule has 0 aliphatic carbocycles. The maximum Gasteiger partial charge on any atom is 0.387 e. The Balaban J connectivity index is 2.62. The van der Waals surface area contributed by atoms with Crippen LogP contribution >= 0.6 is 58.0 Å². The van der Waals surface area contributed by atoms with Gasteiger partial charge in [0.1, 0.15) is 5.75 Å². The second kappa shape index (κ2) is 6.76. The van der Waals surface area contributed by atoms with Crippen LogP contribution in [0, 0.1) is 0 Å². The van der Waals surface area contributed by atoms with Crippen molar-refractivity contribution in [3.8, 4) is 16.9 Å². The van der Waals surface area contributed by atoms with Gasteiger partial charge in [0.2, 0.25) is 0 Å². The summed E-state index contributed by atoms with van der Waals surface area (Å²) >= 11 is 30.1. The third-order valence-corrected chi connectivity index (χ3v) is 4.83. The highest BCUT2D eigenvalue weighted by Gasteiger charge is 2.20. The fraction of sp³-hybridized carbons (Fsp3) is 0.0769. The van der Waals surface area contributed by atoms with Crippen molar-refractivity contribution < 1.29 is 13.5 Å². The van der Waals surface area contributed by atoms with Gasteiger partial charge in [-0.2, -0.15) is 8.78 Å². The van der Waals surface area contributed by atoms with E-state index < -0.39 is 6.61 Å². The average Bonchev–Trinajstić information content (AvgIpc) is 2.43. The van der Waals surface area contributed by atoms with Crippen molar-refractivity contribution in [1.29, 1.82) is 0 Å². The van der Waals surface area contributed by atoms with Gasteiger partial charge in [0.05, 0.1) is 25.1 Å². The maximum absolute atomic E-state index is 12.3. The summed E-state index contributed by atoms with van der Waals surface area (Å²) in [6, 6.07) is 5.83. The predicted octanol–water partition coefficient (Wildman–Crippen LogP) is 7.22. The largest absolute Gasteiger partial charge is 0.435 e. The zero-order valence-electron chi connectivity index (χ0n) is 9.94. The summed E-state index contributed by atoms with van der Waals surface area (Å²) in [4.78, 5) is 0. The minimum Gasteiger partial charge on any atom is -0.435 e. The maximum atomic E-state index is 12.3. The first-order valence-corrected chi connectivity index (χ1v) is 7.28. The van der Waals surface area contributed by atoms with Gasteiger partial charge in [0.25, 0.3) is 0 Å². The molecule has 0 heterocycles. The van der Waals surface area contributed by atoms with Crippen molar-refractivity contribution in [2.45, 2.75) is 6.61 Å². The molecular formula is C13H5Cl5F2O. The molecule has 0 atom stereocenters. The second-order valence-electron chi connectivity index (χ2n) is 3.85. The lowest BCUT2D eigenvalue weighted by atomic mass is 10.1. The zero-order valence-corrected chi connectivity index (χ0v) is 13.7. The molecule has 112 valence electrons. The Bertz CT molecular complexity index is 661. The van der Waals surface area contributed by atoms with E-state index in [1.165, 1.54) is 18.2 Å². The summed E-state index contributed by atoms with van der Waals surface area (Å²) in [5.41, 5.74) is 0.709. The van der Waals surface area contributed by atoms with Gasteiger partial charge in [-0.05, 0) is 17.7 Å². The van der Waals surface area contributed by atoms with E-state index in [0.29, 0.717) is 5.56 Å². The molecule has 0 fully saturated rings. The lowest BCUT2D eigenvalue weighted by Crippen LogP contribution is -2.01. The van der Waals surface area contributed by atoms with E-state index in [1.807, 2.05) is 0 Å². The van der Waals surface area contributed by atoms with E-state index in [-0.39, 0.29) is 36.4 Å². The first-order chi connectivity index (χ1) is 9.82. The molecular weight excluding hydrogens is 387 g/mol. The molecule has 0 saturated heterocycles. The van der Waals surface area contributed by atoms with E-state index in [1.54, 1.807) is 6.07 Å². The van der Waals surface area contributed by atoms with Gasteiger partial charge in [0, 0.05) is 5.56 Å². The van der Waals surface area contributed by atoms with Gasteiger partial charge >= 0.3 is 6.61 Å². The molecule has 0 radical (unpaired) electrons. The minimum atomic E-state index is -2.94. The fourth-order valence-electron chi connectivity index (χ4n) is 1.69. The van der Waals surface area contributed by atoms with Crippen LogP contribution in [0.2, 0.25) is 25.1 Å². The van der Waals surface area contributed by atoms with Crippen molar-refractivity contribution in [2.24, 2.45) is 0 Å². The summed E-state index contributed by atoms with van der Waals surface area (Å²) in [7, 11) is 0. The van der Waals surface area contributed by atoms with E-state index in [2.05, 4.69) is 4.74 Å². The molecule has 2 rings (SSSR count). The lowest BCUT2D eigenvalue weighted by molar-refractivity contribution is -0.0498. The lowest BCUT2D eigenvalue weighted by Gasteiger charge is -2.13. The number of rotatable bonds is 3. The van der Waals surface area contributed by atoms with Gasteiger partial charge in [-0.1, -0.05) is 70.1 Å². The minimum absolute atomic E-state index is 0.0251. The molecule has 0 spiro atoms. The predicted molar refractivity (Wildman–Crippen MR) is 83.6 cm³/mol. The highest BCUT2D eigenvalue weighted by molar-refractivity contribution is 6.56. The highest BCUT2D eigenvalue weighted by atomic mass is 35.5. The average molecular weight is 392 g/mol. The van der Waals surface area contributed by atoms with Gasteiger partial charge in [-0.15, -0.1) is 0 Å². The first kappa shape index (κ1) is 16.9. The molecule has 0 amide bonds. The van der Waals surface area contributed by atoms with Gasteiger partial charge in [-0.3, -0.25) is 0 Å². The Labute approximate surface area is 144 Å². The van der Waals surface area contributed by atoms with Crippen molar-refractivity contribution in [1.82, 2.24) is 0 Å². The monoisotopic (exact) mass is 390 g/mol. The smallest absolute Gasteiger partial charge is 0.387 e. The van der Waals surface area contributed by atoms with Crippen LogP contribution in [0.4, 0.5) is 8.78 Å². The van der Waals surface area contributed by atoms with Crippen LogP contribution in [0.1, 0.15) is 0 Å². The molecule has 0 unspecified atom stereocenters. The summed E-state index contributed by atoms with van der Waals surface area (Å²) < 4.78 is 28.8. The number of benzene rings is 2. The van der Waals surface area contributed by atoms with Crippen LogP contribution in [-0.2, 0) is 0 Å². The van der Waals surface area contributed by atoms with E-state index in [0.717, 1.165) is 0 Å².